The molecule has 2 aromatic rings. The third-order valence-electron chi connectivity index (χ3n) is 4.64. The molecule has 0 fully saturated rings. The van der Waals surface area contributed by atoms with Gasteiger partial charge in [0.15, 0.2) is 5.65 Å². The second kappa shape index (κ2) is 7.61. The Labute approximate surface area is 141 Å². The van der Waals surface area contributed by atoms with Crippen molar-refractivity contribution in [2.45, 2.75) is 53.1 Å². The molecular weight excluding hydrogens is 308 g/mol. The van der Waals surface area contributed by atoms with Crippen LogP contribution in [0.3, 0.4) is 0 Å². The molecule has 0 spiro atoms. The number of aryl methyl sites for hydroxylation is 2. The van der Waals surface area contributed by atoms with Crippen LogP contribution >= 0.6 is 0 Å². The van der Waals surface area contributed by atoms with Crippen LogP contribution in [-0.2, 0) is 11.2 Å². The Morgan fingerprint density at radius 2 is 2.04 bits per heavy atom. The molecule has 7 nitrogen and oxygen atoms in total. The van der Waals surface area contributed by atoms with Crippen molar-refractivity contribution < 1.29 is 9.90 Å². The first kappa shape index (κ1) is 18.2. The summed E-state index contributed by atoms with van der Waals surface area (Å²) in [6.45, 7) is 7.99. The lowest BCUT2D eigenvalue weighted by atomic mass is 9.96. The van der Waals surface area contributed by atoms with Crippen LogP contribution in [0.2, 0.25) is 0 Å². The van der Waals surface area contributed by atoms with E-state index in [1.807, 2.05) is 27.7 Å². The molecular formula is C17H26N4O3. The van der Waals surface area contributed by atoms with Crippen molar-refractivity contribution in [3.63, 3.8) is 0 Å². The zero-order chi connectivity index (χ0) is 17.9. The molecule has 2 rings (SSSR count). The minimum Gasteiger partial charge on any atom is -0.391 e. The van der Waals surface area contributed by atoms with Crippen LogP contribution in [0.4, 0.5) is 0 Å². The van der Waals surface area contributed by atoms with Crippen LogP contribution in [0.5, 0.6) is 0 Å². The molecule has 0 saturated heterocycles. The minimum absolute atomic E-state index is 0.163. The molecule has 132 valence electrons. The summed E-state index contributed by atoms with van der Waals surface area (Å²) in [6, 6.07) is 1.43. The van der Waals surface area contributed by atoms with Gasteiger partial charge < -0.3 is 10.4 Å². The molecule has 2 heterocycles. The van der Waals surface area contributed by atoms with Crippen molar-refractivity contribution in [2.24, 2.45) is 5.92 Å². The van der Waals surface area contributed by atoms with Crippen LogP contribution in [0.25, 0.3) is 5.65 Å². The molecule has 0 saturated carbocycles. The fraction of sp³-hybridized carbons (Fsp3) is 0.588. The summed E-state index contributed by atoms with van der Waals surface area (Å²) in [5.41, 5.74) is 2.62. The maximum Gasteiger partial charge on any atom is 0.266 e. The third kappa shape index (κ3) is 3.84. The van der Waals surface area contributed by atoms with Crippen LogP contribution in [0, 0.1) is 19.8 Å². The number of aliphatic hydroxyl groups excluding tert-OH is 1. The highest BCUT2D eigenvalue weighted by molar-refractivity contribution is 5.79. The predicted octanol–water partition coefficient (Wildman–Crippen LogP) is 1.10. The smallest absolute Gasteiger partial charge is 0.266 e. The third-order valence-corrected chi connectivity index (χ3v) is 4.64. The summed E-state index contributed by atoms with van der Waals surface area (Å²) < 4.78 is 1.59. The lowest BCUT2D eigenvalue weighted by molar-refractivity contribution is -0.121. The van der Waals surface area contributed by atoms with Crippen molar-refractivity contribution in [1.82, 2.24) is 19.9 Å². The fourth-order valence-corrected chi connectivity index (χ4v) is 3.05. The lowest BCUT2D eigenvalue weighted by Gasteiger charge is -2.20. The van der Waals surface area contributed by atoms with Crippen LogP contribution < -0.4 is 10.9 Å². The number of carbonyl (C=O) groups excluding carboxylic acids is 1. The maximum atomic E-state index is 12.2. The molecule has 7 heteroatoms. The molecule has 1 unspecified atom stereocenters. The van der Waals surface area contributed by atoms with E-state index in [0.29, 0.717) is 5.65 Å². The highest BCUT2D eigenvalue weighted by Crippen LogP contribution is 2.15. The normalized spacial score (nSPS) is 12.8. The van der Waals surface area contributed by atoms with Crippen LogP contribution in [0.15, 0.2) is 10.9 Å². The number of aliphatic hydroxyl groups is 1. The van der Waals surface area contributed by atoms with Gasteiger partial charge in [-0.25, -0.2) is 9.50 Å². The number of fused-ring (bicyclic) bond motifs is 1. The highest BCUT2D eigenvalue weighted by atomic mass is 16.3. The van der Waals surface area contributed by atoms with E-state index in [4.69, 9.17) is 0 Å². The molecule has 1 atom stereocenters. The summed E-state index contributed by atoms with van der Waals surface area (Å²) in [4.78, 5) is 28.1. The van der Waals surface area contributed by atoms with E-state index in [1.165, 1.54) is 6.07 Å². The Bertz CT molecular complexity index is 774. The Morgan fingerprint density at radius 3 is 2.67 bits per heavy atom. The predicted molar refractivity (Wildman–Crippen MR) is 92.1 cm³/mol. The number of hydrogen-bond acceptors (Lipinski definition) is 4. The van der Waals surface area contributed by atoms with Gasteiger partial charge in [-0.15, -0.1) is 0 Å². The van der Waals surface area contributed by atoms with Gasteiger partial charge in [0.05, 0.1) is 12.5 Å². The van der Waals surface area contributed by atoms with Gasteiger partial charge in [0.2, 0.25) is 5.91 Å². The molecule has 0 aliphatic heterocycles. The fourth-order valence-electron chi connectivity index (χ4n) is 3.05. The van der Waals surface area contributed by atoms with Gasteiger partial charge in [-0.2, -0.15) is 0 Å². The summed E-state index contributed by atoms with van der Waals surface area (Å²) >= 11 is 0. The van der Waals surface area contributed by atoms with E-state index < -0.39 is 6.10 Å². The zero-order valence-corrected chi connectivity index (χ0v) is 14.7. The topological polar surface area (TPSA) is 99.5 Å². The maximum absolute atomic E-state index is 12.2. The van der Waals surface area contributed by atoms with Gasteiger partial charge in [-0.05, 0) is 19.8 Å². The van der Waals surface area contributed by atoms with E-state index in [9.17, 15) is 14.7 Å². The number of carbonyl (C=O) groups is 1. The summed E-state index contributed by atoms with van der Waals surface area (Å²) in [6.07, 6.45) is 1.39. The van der Waals surface area contributed by atoms with Gasteiger partial charge in [-0.3, -0.25) is 14.7 Å². The number of H-pyrrole nitrogens is 1. The Kier molecular flexibility index (Phi) is 5.77. The summed E-state index contributed by atoms with van der Waals surface area (Å²) in [7, 11) is 0. The largest absolute Gasteiger partial charge is 0.391 e. The van der Waals surface area contributed by atoms with E-state index in [1.54, 1.807) is 4.52 Å². The van der Waals surface area contributed by atoms with Gasteiger partial charge in [0, 0.05) is 29.6 Å². The van der Waals surface area contributed by atoms with Gasteiger partial charge >= 0.3 is 0 Å². The Balaban J connectivity index is 2.09. The average Bonchev–Trinajstić information content (AvgIpc) is 2.91. The van der Waals surface area contributed by atoms with E-state index in [2.05, 4.69) is 15.4 Å². The molecule has 0 aliphatic rings. The molecule has 0 bridgehead atoms. The Hall–Kier alpha value is -2.15. The lowest BCUT2D eigenvalue weighted by Crippen LogP contribution is -2.37. The quantitative estimate of drug-likeness (QED) is 0.706. The number of rotatable bonds is 7. The monoisotopic (exact) mass is 334 g/mol. The SMILES string of the molecule is CCC(CC)C(O)CNC(=O)Cc1c(C)nc2cc(=O)[nH]n2c1C. The number of nitrogens with one attached hydrogen (secondary N) is 2. The van der Waals surface area contributed by atoms with E-state index in [0.717, 1.165) is 29.8 Å². The second-order valence-electron chi connectivity index (χ2n) is 6.20. The second-order valence-corrected chi connectivity index (χ2v) is 6.20. The number of amides is 1. The van der Waals surface area contributed by atoms with Gasteiger partial charge in [0.1, 0.15) is 0 Å². The van der Waals surface area contributed by atoms with Crippen LogP contribution in [0.1, 0.15) is 43.6 Å². The van der Waals surface area contributed by atoms with Crippen molar-refractivity contribution in [1.29, 1.82) is 0 Å². The van der Waals surface area contributed by atoms with Crippen molar-refractivity contribution in [3.05, 3.63) is 33.4 Å². The highest BCUT2D eigenvalue weighted by Gasteiger charge is 2.18. The molecule has 3 N–H and O–H groups in total. The van der Waals surface area contributed by atoms with Crippen molar-refractivity contribution in [2.75, 3.05) is 6.54 Å². The summed E-state index contributed by atoms with van der Waals surface area (Å²) in [5, 5.41) is 15.6. The molecule has 1 amide bonds. The van der Waals surface area contributed by atoms with Gasteiger partial charge in [-0.1, -0.05) is 26.7 Å². The number of nitrogens with zero attached hydrogens (tertiary/aromatic N) is 2. The molecule has 0 aromatic carbocycles. The number of aromatic amines is 1. The molecule has 24 heavy (non-hydrogen) atoms. The zero-order valence-electron chi connectivity index (χ0n) is 14.7. The van der Waals surface area contributed by atoms with Crippen molar-refractivity contribution in [3.8, 4) is 0 Å². The number of aromatic nitrogens is 3. The average molecular weight is 334 g/mol. The summed E-state index contributed by atoms with van der Waals surface area (Å²) in [5.74, 6) is 0.0265. The van der Waals surface area contributed by atoms with Crippen LogP contribution in [-0.4, -0.2) is 38.3 Å². The van der Waals surface area contributed by atoms with E-state index in [-0.39, 0.29) is 30.3 Å². The van der Waals surface area contributed by atoms with E-state index >= 15 is 0 Å². The Morgan fingerprint density at radius 1 is 1.38 bits per heavy atom. The first-order valence-corrected chi connectivity index (χ1v) is 8.39. The minimum atomic E-state index is -0.535. The first-order valence-electron chi connectivity index (χ1n) is 8.39. The first-order chi connectivity index (χ1) is 11.4. The standard InChI is InChI=1S/C17H26N4O3/c1-5-12(6-2)14(22)9-18-16(23)7-13-10(3)19-15-8-17(24)20-21(15)11(13)4/h8,12,14,22H,5-7,9H2,1-4H3,(H,18,23)(H,20,24). The molecule has 0 aliphatic carbocycles. The van der Waals surface area contributed by atoms with Crippen molar-refractivity contribution >= 4 is 11.6 Å². The van der Waals surface area contributed by atoms with Gasteiger partial charge in [0.25, 0.3) is 5.56 Å². The number of hydrogen-bond donors (Lipinski definition) is 3. The molecule has 0 radical (unpaired) electrons. The molecule has 2 aromatic heterocycles.